The highest BCUT2D eigenvalue weighted by molar-refractivity contribution is 6.31. The number of nitrogens with zero attached hydrogens (tertiary/aromatic N) is 1. The van der Waals surface area contributed by atoms with E-state index in [-0.39, 0.29) is 17.9 Å². The van der Waals surface area contributed by atoms with Gasteiger partial charge >= 0.3 is 0 Å². The van der Waals surface area contributed by atoms with Gasteiger partial charge in [-0.25, -0.2) is 0 Å². The third kappa shape index (κ3) is 4.72. The fraction of sp³-hybridized carbons (Fsp3) is 0.440. The molecule has 1 saturated heterocycles. The number of fused-ring (bicyclic) bond motifs is 1. The van der Waals surface area contributed by atoms with E-state index in [0.717, 1.165) is 37.0 Å². The standard InChI is InChI=1S/C25H29ClN2O3/c1-31-23-12-5-3-7-17(23)13-14-27-24(29)22-16-18-8-2-4-11-21(18)28(22)25(30)19-9-6-10-20(26)15-19/h3,5-7,9-10,12,15,18,21-22H,2,4,8,11,13-14,16H2,1H3,(H,27,29). The van der Waals surface area contributed by atoms with Crippen LogP contribution < -0.4 is 10.1 Å². The van der Waals surface area contributed by atoms with Gasteiger partial charge in [-0.1, -0.05) is 48.7 Å². The molecule has 1 aliphatic carbocycles. The van der Waals surface area contributed by atoms with Crippen molar-refractivity contribution in [3.8, 4) is 5.75 Å². The zero-order valence-corrected chi connectivity index (χ0v) is 18.6. The Morgan fingerprint density at radius 2 is 1.94 bits per heavy atom. The summed E-state index contributed by atoms with van der Waals surface area (Å²) in [5.74, 6) is 1.05. The van der Waals surface area contributed by atoms with E-state index in [2.05, 4.69) is 5.32 Å². The lowest BCUT2D eigenvalue weighted by atomic mass is 9.84. The second kappa shape index (κ2) is 9.73. The van der Waals surface area contributed by atoms with Crippen LogP contribution in [0, 0.1) is 5.92 Å². The quantitative estimate of drug-likeness (QED) is 0.720. The molecule has 2 aromatic carbocycles. The molecule has 0 radical (unpaired) electrons. The van der Waals surface area contributed by atoms with Crippen LogP contribution in [0.4, 0.5) is 0 Å². The number of carbonyl (C=O) groups excluding carboxylic acids is 2. The van der Waals surface area contributed by atoms with Gasteiger partial charge in [0.25, 0.3) is 5.91 Å². The van der Waals surface area contributed by atoms with Crippen molar-refractivity contribution < 1.29 is 14.3 Å². The molecule has 1 aliphatic heterocycles. The monoisotopic (exact) mass is 440 g/mol. The Labute approximate surface area is 188 Å². The molecule has 2 aliphatic rings. The molecule has 0 aromatic heterocycles. The molecule has 164 valence electrons. The summed E-state index contributed by atoms with van der Waals surface area (Å²) in [5.41, 5.74) is 1.60. The summed E-state index contributed by atoms with van der Waals surface area (Å²) in [6.07, 6.45) is 5.72. The Balaban J connectivity index is 1.48. The van der Waals surface area contributed by atoms with Gasteiger partial charge < -0.3 is 15.0 Å². The molecule has 6 heteroatoms. The minimum absolute atomic E-state index is 0.0697. The molecule has 5 nitrogen and oxygen atoms in total. The maximum Gasteiger partial charge on any atom is 0.254 e. The van der Waals surface area contributed by atoms with E-state index in [9.17, 15) is 9.59 Å². The van der Waals surface area contributed by atoms with Gasteiger partial charge in [-0.15, -0.1) is 0 Å². The smallest absolute Gasteiger partial charge is 0.254 e. The number of para-hydroxylation sites is 1. The van der Waals surface area contributed by atoms with Crippen LogP contribution >= 0.6 is 11.6 Å². The number of rotatable bonds is 6. The molecule has 4 rings (SSSR count). The first-order valence-corrected chi connectivity index (χ1v) is 11.4. The molecule has 3 atom stereocenters. The van der Waals surface area contributed by atoms with Crippen LogP contribution in [0.15, 0.2) is 48.5 Å². The topological polar surface area (TPSA) is 58.6 Å². The summed E-state index contributed by atoms with van der Waals surface area (Å²) in [6.45, 7) is 0.504. The fourth-order valence-electron chi connectivity index (χ4n) is 5.10. The Morgan fingerprint density at radius 1 is 1.13 bits per heavy atom. The number of ether oxygens (including phenoxy) is 1. The molecule has 2 amide bonds. The molecular formula is C25H29ClN2O3. The van der Waals surface area contributed by atoms with Gasteiger partial charge in [0.05, 0.1) is 7.11 Å². The van der Waals surface area contributed by atoms with Crippen LogP contribution in [0.2, 0.25) is 5.02 Å². The third-order valence-electron chi connectivity index (χ3n) is 6.58. The first-order chi connectivity index (χ1) is 15.1. The van der Waals surface area contributed by atoms with Crippen LogP contribution in [0.25, 0.3) is 0 Å². The van der Waals surface area contributed by atoms with E-state index in [4.69, 9.17) is 16.3 Å². The van der Waals surface area contributed by atoms with Gasteiger partial charge in [-0.2, -0.15) is 0 Å². The Bertz CT molecular complexity index is 948. The minimum Gasteiger partial charge on any atom is -0.496 e. The fourth-order valence-corrected chi connectivity index (χ4v) is 5.29. The molecule has 3 unspecified atom stereocenters. The van der Waals surface area contributed by atoms with Crippen molar-refractivity contribution in [3.63, 3.8) is 0 Å². The van der Waals surface area contributed by atoms with Gasteiger partial charge in [-0.05, 0) is 61.4 Å². The van der Waals surface area contributed by atoms with Crippen molar-refractivity contribution in [3.05, 3.63) is 64.7 Å². The van der Waals surface area contributed by atoms with Gasteiger partial charge in [0.15, 0.2) is 0 Å². The number of carbonyl (C=O) groups is 2. The summed E-state index contributed by atoms with van der Waals surface area (Å²) >= 11 is 6.12. The van der Waals surface area contributed by atoms with Crippen LogP contribution in [-0.4, -0.2) is 42.5 Å². The SMILES string of the molecule is COc1ccccc1CCNC(=O)C1CC2CCCCC2N1C(=O)c1cccc(Cl)c1. The maximum atomic E-state index is 13.4. The molecule has 1 heterocycles. The van der Waals surface area contributed by atoms with E-state index in [1.54, 1.807) is 31.4 Å². The number of hydrogen-bond donors (Lipinski definition) is 1. The highest BCUT2D eigenvalue weighted by Crippen LogP contribution is 2.40. The number of hydrogen-bond acceptors (Lipinski definition) is 3. The summed E-state index contributed by atoms with van der Waals surface area (Å²) in [4.78, 5) is 28.4. The van der Waals surface area contributed by atoms with E-state index in [0.29, 0.717) is 29.5 Å². The molecule has 2 fully saturated rings. The Kier molecular flexibility index (Phi) is 6.81. The van der Waals surface area contributed by atoms with Crippen molar-refractivity contribution >= 4 is 23.4 Å². The maximum absolute atomic E-state index is 13.4. The van der Waals surface area contributed by atoms with E-state index in [1.807, 2.05) is 29.2 Å². The van der Waals surface area contributed by atoms with Crippen LogP contribution in [0.5, 0.6) is 5.75 Å². The zero-order valence-electron chi connectivity index (χ0n) is 17.9. The zero-order chi connectivity index (χ0) is 21.8. The van der Waals surface area contributed by atoms with Crippen molar-refractivity contribution in [2.45, 2.75) is 50.6 Å². The lowest BCUT2D eigenvalue weighted by molar-refractivity contribution is -0.125. The predicted octanol–water partition coefficient (Wildman–Crippen LogP) is 4.48. The van der Waals surface area contributed by atoms with E-state index >= 15 is 0 Å². The Hall–Kier alpha value is -2.53. The average Bonchev–Trinajstić information content (AvgIpc) is 3.18. The number of methoxy groups -OCH3 is 1. The average molecular weight is 441 g/mol. The number of halogens is 1. The lowest BCUT2D eigenvalue weighted by Crippen LogP contribution is -2.49. The van der Waals surface area contributed by atoms with Gasteiger partial charge in [0, 0.05) is 23.2 Å². The molecule has 1 N–H and O–H groups in total. The lowest BCUT2D eigenvalue weighted by Gasteiger charge is -2.33. The van der Waals surface area contributed by atoms with Crippen LogP contribution in [0.1, 0.15) is 48.0 Å². The normalized spacial score (nSPS) is 22.6. The number of amides is 2. The van der Waals surface area contributed by atoms with Crippen molar-refractivity contribution in [2.75, 3.05) is 13.7 Å². The van der Waals surface area contributed by atoms with Gasteiger partial charge in [0.1, 0.15) is 11.8 Å². The highest BCUT2D eigenvalue weighted by Gasteiger charge is 2.47. The second-order valence-corrected chi connectivity index (χ2v) is 8.88. The third-order valence-corrected chi connectivity index (χ3v) is 6.82. The van der Waals surface area contributed by atoms with Crippen molar-refractivity contribution in [1.82, 2.24) is 10.2 Å². The first kappa shape index (κ1) is 21.7. The second-order valence-electron chi connectivity index (χ2n) is 8.44. The minimum atomic E-state index is -0.433. The molecule has 31 heavy (non-hydrogen) atoms. The van der Waals surface area contributed by atoms with E-state index < -0.39 is 6.04 Å². The number of nitrogens with one attached hydrogen (secondary N) is 1. The van der Waals surface area contributed by atoms with Crippen LogP contribution in [-0.2, 0) is 11.2 Å². The Morgan fingerprint density at radius 3 is 2.74 bits per heavy atom. The summed E-state index contributed by atoms with van der Waals surface area (Å²) in [7, 11) is 1.65. The number of likely N-dealkylation sites (tertiary alicyclic amines) is 1. The summed E-state index contributed by atoms with van der Waals surface area (Å²) in [5, 5.41) is 3.60. The molecule has 0 bridgehead atoms. The van der Waals surface area contributed by atoms with Crippen LogP contribution in [0.3, 0.4) is 0 Å². The van der Waals surface area contributed by atoms with Gasteiger partial charge in [0.2, 0.25) is 5.91 Å². The van der Waals surface area contributed by atoms with Crippen molar-refractivity contribution in [1.29, 1.82) is 0 Å². The molecule has 2 aromatic rings. The molecule has 1 saturated carbocycles. The summed E-state index contributed by atoms with van der Waals surface area (Å²) in [6, 6.07) is 14.5. The van der Waals surface area contributed by atoms with Gasteiger partial charge in [-0.3, -0.25) is 9.59 Å². The molecule has 0 spiro atoms. The molecular weight excluding hydrogens is 412 g/mol. The summed E-state index contributed by atoms with van der Waals surface area (Å²) < 4.78 is 5.40. The van der Waals surface area contributed by atoms with E-state index in [1.165, 1.54) is 6.42 Å². The number of benzene rings is 2. The largest absolute Gasteiger partial charge is 0.496 e. The highest BCUT2D eigenvalue weighted by atomic mass is 35.5. The van der Waals surface area contributed by atoms with Crippen molar-refractivity contribution in [2.24, 2.45) is 5.92 Å². The first-order valence-electron chi connectivity index (χ1n) is 11.1. The predicted molar refractivity (Wildman–Crippen MR) is 121 cm³/mol.